The Hall–Kier alpha value is -2.54. The minimum absolute atomic E-state index is 0. The van der Waals surface area contributed by atoms with Gasteiger partial charge in [-0.05, 0) is 28.5 Å². The molecule has 4 aromatic rings. The molecule has 0 amide bonds. The Balaban J connectivity index is 0.00000157. The molecular formula is C23H14IrN-. The molecule has 0 saturated heterocycles. The number of aromatic nitrogens is 1. The molecule has 1 aliphatic carbocycles. The standard InChI is InChI=1S/C23H14N.Ir/c1-2-6-16(7-3-1)18-9-4-10-19(14-18)22-15-20-13-12-17-8-5-11-21(24-22)23(17)20;/h1-9,11-15H;/q-1;. The Bertz CT molecular complexity index is 1100. The van der Waals surface area contributed by atoms with Crippen LogP contribution in [0.5, 0.6) is 0 Å². The van der Waals surface area contributed by atoms with E-state index in [9.17, 15) is 0 Å². The van der Waals surface area contributed by atoms with Gasteiger partial charge in [-0.15, -0.1) is 35.4 Å². The number of hydrogen-bond acceptors (Lipinski definition) is 1. The predicted octanol–water partition coefficient (Wildman–Crippen LogP) is 5.85. The fourth-order valence-electron chi connectivity index (χ4n) is 3.36. The van der Waals surface area contributed by atoms with Gasteiger partial charge in [0, 0.05) is 25.5 Å². The van der Waals surface area contributed by atoms with Gasteiger partial charge in [0.1, 0.15) is 0 Å². The summed E-state index contributed by atoms with van der Waals surface area (Å²) in [6, 6.07) is 28.4. The van der Waals surface area contributed by atoms with Gasteiger partial charge in [-0.25, -0.2) is 0 Å². The molecular weight excluding hydrogens is 482 g/mol. The quantitative estimate of drug-likeness (QED) is 0.280. The zero-order valence-electron chi connectivity index (χ0n) is 13.4. The molecule has 0 fully saturated rings. The molecule has 1 radical (unpaired) electrons. The first kappa shape index (κ1) is 16.0. The van der Waals surface area contributed by atoms with Crippen molar-refractivity contribution in [1.29, 1.82) is 0 Å². The van der Waals surface area contributed by atoms with Crippen molar-refractivity contribution in [2.75, 3.05) is 0 Å². The van der Waals surface area contributed by atoms with Crippen LogP contribution in [0.3, 0.4) is 0 Å². The number of hydrogen-bond donors (Lipinski definition) is 0. The predicted molar refractivity (Wildman–Crippen MR) is 100 cm³/mol. The minimum atomic E-state index is 0. The van der Waals surface area contributed by atoms with Gasteiger partial charge in [0.2, 0.25) is 0 Å². The molecule has 0 atom stereocenters. The summed E-state index contributed by atoms with van der Waals surface area (Å²) in [6.07, 6.45) is 4.33. The van der Waals surface area contributed by atoms with Crippen molar-refractivity contribution in [2.45, 2.75) is 0 Å². The maximum Gasteiger partial charge on any atom is 0.0607 e. The molecule has 1 aromatic heterocycles. The Morgan fingerprint density at radius 2 is 1.56 bits per heavy atom. The minimum Gasteiger partial charge on any atom is -0.296 e. The normalized spacial score (nSPS) is 11.5. The summed E-state index contributed by atoms with van der Waals surface area (Å²) in [5.41, 5.74) is 7.93. The number of nitrogens with zero attached hydrogens (tertiary/aromatic N) is 1. The van der Waals surface area contributed by atoms with Gasteiger partial charge < -0.3 is 0 Å². The second-order valence-corrected chi connectivity index (χ2v) is 6.03. The van der Waals surface area contributed by atoms with Crippen LogP contribution in [0.4, 0.5) is 0 Å². The molecule has 0 N–H and O–H groups in total. The van der Waals surface area contributed by atoms with E-state index in [1.807, 2.05) is 12.1 Å². The monoisotopic (exact) mass is 497 g/mol. The van der Waals surface area contributed by atoms with Crippen molar-refractivity contribution in [3.05, 3.63) is 90.0 Å². The Morgan fingerprint density at radius 1 is 0.720 bits per heavy atom. The van der Waals surface area contributed by atoms with E-state index in [-0.39, 0.29) is 20.1 Å². The van der Waals surface area contributed by atoms with Crippen LogP contribution in [-0.2, 0) is 20.1 Å². The van der Waals surface area contributed by atoms with Gasteiger partial charge in [0.15, 0.2) is 0 Å². The third-order valence-corrected chi connectivity index (χ3v) is 4.52. The van der Waals surface area contributed by atoms with Gasteiger partial charge in [0.05, 0.1) is 5.52 Å². The van der Waals surface area contributed by atoms with Crippen LogP contribution in [-0.4, -0.2) is 4.98 Å². The molecule has 2 heteroatoms. The summed E-state index contributed by atoms with van der Waals surface area (Å²) in [7, 11) is 0. The molecule has 121 valence electrons. The summed E-state index contributed by atoms with van der Waals surface area (Å²) < 4.78 is 0. The van der Waals surface area contributed by atoms with Crippen molar-refractivity contribution in [3.63, 3.8) is 0 Å². The van der Waals surface area contributed by atoms with Crippen molar-refractivity contribution in [2.24, 2.45) is 0 Å². The maximum atomic E-state index is 4.87. The maximum absolute atomic E-state index is 4.87. The van der Waals surface area contributed by atoms with Crippen LogP contribution in [0.25, 0.3) is 45.4 Å². The van der Waals surface area contributed by atoms with Crippen LogP contribution in [0.1, 0.15) is 11.1 Å². The molecule has 1 nitrogen and oxygen atoms in total. The zero-order chi connectivity index (χ0) is 15.9. The fourth-order valence-corrected chi connectivity index (χ4v) is 3.36. The Morgan fingerprint density at radius 3 is 2.44 bits per heavy atom. The number of benzene rings is 3. The fraction of sp³-hybridized carbons (Fsp3) is 0. The van der Waals surface area contributed by atoms with Crippen LogP contribution in [0.15, 0.2) is 72.8 Å². The third kappa shape index (κ3) is 2.74. The van der Waals surface area contributed by atoms with E-state index in [1.54, 1.807) is 0 Å². The smallest absolute Gasteiger partial charge is 0.0607 e. The summed E-state index contributed by atoms with van der Waals surface area (Å²) in [5.74, 6) is 0. The van der Waals surface area contributed by atoms with Gasteiger partial charge in [0.25, 0.3) is 0 Å². The van der Waals surface area contributed by atoms with Gasteiger partial charge >= 0.3 is 0 Å². The van der Waals surface area contributed by atoms with E-state index in [1.165, 1.54) is 27.6 Å². The number of pyridine rings is 1. The Kier molecular flexibility index (Phi) is 4.09. The second kappa shape index (κ2) is 6.40. The summed E-state index contributed by atoms with van der Waals surface area (Å²) in [5, 5.41) is 1.25. The first-order valence-electron chi connectivity index (χ1n) is 8.08. The third-order valence-electron chi connectivity index (χ3n) is 4.52. The largest absolute Gasteiger partial charge is 0.296 e. The van der Waals surface area contributed by atoms with E-state index in [4.69, 9.17) is 4.98 Å². The van der Waals surface area contributed by atoms with Gasteiger partial charge in [-0.1, -0.05) is 60.7 Å². The summed E-state index contributed by atoms with van der Waals surface area (Å²) in [6.45, 7) is 0. The average Bonchev–Trinajstić information content (AvgIpc) is 3.07. The molecule has 0 unspecified atom stereocenters. The van der Waals surface area contributed by atoms with Crippen molar-refractivity contribution in [1.82, 2.24) is 4.98 Å². The summed E-state index contributed by atoms with van der Waals surface area (Å²) in [4.78, 5) is 4.87. The topological polar surface area (TPSA) is 12.9 Å². The molecule has 0 aliphatic heterocycles. The first-order valence-corrected chi connectivity index (χ1v) is 8.08. The molecule has 5 rings (SSSR count). The van der Waals surface area contributed by atoms with Crippen LogP contribution in [0.2, 0.25) is 0 Å². The molecule has 25 heavy (non-hydrogen) atoms. The van der Waals surface area contributed by atoms with Crippen LogP contribution in [0, 0.1) is 6.07 Å². The molecule has 1 heterocycles. The SMILES string of the molecule is [Ir].[c-]1ccc(-c2ccccc2)cc1-c1cc2c3c(cccc3n1)C=C2. The molecule has 0 bridgehead atoms. The average molecular weight is 497 g/mol. The molecule has 0 spiro atoms. The van der Waals surface area contributed by atoms with E-state index < -0.39 is 0 Å². The summed E-state index contributed by atoms with van der Waals surface area (Å²) >= 11 is 0. The second-order valence-electron chi connectivity index (χ2n) is 6.03. The number of rotatable bonds is 2. The molecule has 3 aromatic carbocycles. The van der Waals surface area contributed by atoms with Gasteiger partial charge in [-0.2, -0.15) is 0 Å². The van der Waals surface area contributed by atoms with Crippen LogP contribution < -0.4 is 0 Å². The van der Waals surface area contributed by atoms with E-state index in [2.05, 4.69) is 78.9 Å². The van der Waals surface area contributed by atoms with E-state index in [0.29, 0.717) is 0 Å². The van der Waals surface area contributed by atoms with Crippen molar-refractivity contribution in [3.8, 4) is 22.4 Å². The van der Waals surface area contributed by atoms with Gasteiger partial charge in [-0.3, -0.25) is 4.98 Å². The molecule has 0 saturated carbocycles. The van der Waals surface area contributed by atoms with Crippen LogP contribution >= 0.6 is 0 Å². The van der Waals surface area contributed by atoms with E-state index in [0.717, 1.165) is 16.8 Å². The Labute approximate surface area is 160 Å². The van der Waals surface area contributed by atoms with Crippen molar-refractivity contribution >= 4 is 23.1 Å². The van der Waals surface area contributed by atoms with E-state index >= 15 is 0 Å². The first-order chi connectivity index (χ1) is 11.9. The molecule has 1 aliphatic rings. The van der Waals surface area contributed by atoms with Crippen molar-refractivity contribution < 1.29 is 20.1 Å². The zero-order valence-corrected chi connectivity index (χ0v) is 15.8.